The highest BCUT2D eigenvalue weighted by atomic mass is 15.1. The van der Waals surface area contributed by atoms with Crippen molar-refractivity contribution in [1.82, 2.24) is 4.57 Å². The number of fused-ring (bicyclic) bond motifs is 3. The van der Waals surface area contributed by atoms with Gasteiger partial charge in [-0.2, -0.15) is 4.40 Å². The number of nitrogens with zero attached hydrogens (tertiary/aromatic N) is 2. The first-order chi connectivity index (χ1) is 18.5. The van der Waals surface area contributed by atoms with Gasteiger partial charge in [0, 0.05) is 26.0 Å². The smallest absolute Gasteiger partial charge is 0.225 e. The molecule has 2 nitrogen and oxygen atoms in total. The van der Waals surface area contributed by atoms with Crippen molar-refractivity contribution in [3.05, 3.63) is 82.3 Å². The second kappa shape index (κ2) is 5.23. The van der Waals surface area contributed by atoms with Crippen LogP contribution in [0.2, 0.25) is 0 Å². The molecule has 0 spiro atoms. The summed E-state index contributed by atoms with van der Waals surface area (Å²) >= 11 is 0. The molecule has 5 aromatic rings. The molecule has 0 atom stereocenters. The Morgan fingerprint density at radius 1 is 0.929 bits per heavy atom. The number of imidazole rings is 1. The molecule has 0 saturated heterocycles. The highest BCUT2D eigenvalue weighted by molar-refractivity contribution is 6.11. The van der Waals surface area contributed by atoms with Gasteiger partial charge in [0.15, 0.2) is 5.69 Å². The Balaban J connectivity index is 2.04. The minimum absolute atomic E-state index is 0.00217. The Hall–Kier alpha value is -3.13. The van der Waals surface area contributed by atoms with E-state index in [4.69, 9.17) is 15.1 Å². The fraction of sp³-hybridized carbons (Fsp3) is 0.192. The van der Waals surface area contributed by atoms with Crippen LogP contribution in [0.15, 0.2) is 54.5 Å². The van der Waals surface area contributed by atoms with Crippen molar-refractivity contribution in [2.24, 2.45) is 0 Å². The van der Waals surface area contributed by atoms with Gasteiger partial charge >= 0.3 is 0 Å². The molecule has 0 unspecified atom stereocenters. The molecule has 2 aromatic heterocycles. The van der Waals surface area contributed by atoms with Crippen LogP contribution in [0.3, 0.4) is 0 Å². The molecule has 0 N–H and O–H groups in total. The maximum Gasteiger partial charge on any atom is 0.295 e. The summed E-state index contributed by atoms with van der Waals surface area (Å²) < 4.78 is 106. The van der Waals surface area contributed by atoms with Crippen LogP contribution in [0.1, 0.15) is 44.3 Å². The average Bonchev–Trinajstić information content (AvgIpc) is 3.41. The molecular formula is C26H23N2+. The van der Waals surface area contributed by atoms with Gasteiger partial charge in [-0.05, 0) is 62.0 Å². The molecule has 1 aliphatic heterocycles. The SMILES string of the molecule is [2H]c1c([2H])c(C)c(-c2c([2H])n3c4c5c(c([2H])c([2H])c([2H])c5c5c([2H])c(C)c(C)c([2H])c5[n+]24)C3)c(C([2H])([2H])[2H])c1[2H]. The van der Waals surface area contributed by atoms with E-state index in [2.05, 4.69) is 0 Å². The van der Waals surface area contributed by atoms with Crippen molar-refractivity contribution in [2.75, 3.05) is 0 Å². The third-order valence-corrected chi connectivity index (χ3v) is 5.62. The van der Waals surface area contributed by atoms with Crippen molar-refractivity contribution in [1.29, 1.82) is 0 Å². The van der Waals surface area contributed by atoms with E-state index in [0.717, 1.165) is 0 Å². The lowest BCUT2D eigenvalue weighted by atomic mass is 9.97. The summed E-state index contributed by atoms with van der Waals surface area (Å²) in [5.41, 5.74) is 1.35. The molecule has 136 valence electrons. The minimum atomic E-state index is -2.87. The number of hydrogen-bond donors (Lipinski definition) is 0. The van der Waals surface area contributed by atoms with Crippen LogP contribution >= 0.6 is 0 Å². The molecule has 28 heavy (non-hydrogen) atoms. The molecule has 3 heterocycles. The largest absolute Gasteiger partial charge is 0.295 e. The Morgan fingerprint density at radius 3 is 2.57 bits per heavy atom. The first kappa shape index (κ1) is 8.08. The van der Waals surface area contributed by atoms with Crippen LogP contribution in [0, 0.1) is 27.6 Å². The molecule has 0 amide bonds. The van der Waals surface area contributed by atoms with E-state index in [1.165, 1.54) is 15.9 Å². The molecule has 0 bridgehead atoms. The zero-order valence-electron chi connectivity index (χ0n) is 27.6. The van der Waals surface area contributed by atoms with Gasteiger partial charge < -0.3 is 0 Å². The predicted octanol–water partition coefficient (Wildman–Crippen LogP) is 5.80. The number of benzene rings is 3. The molecular weight excluding hydrogens is 340 g/mol. The van der Waals surface area contributed by atoms with Crippen LogP contribution < -0.4 is 4.40 Å². The normalized spacial score (nSPS) is 19.4. The van der Waals surface area contributed by atoms with Gasteiger partial charge in [0.2, 0.25) is 0 Å². The standard InChI is InChI=1S/C26H23N2/c1-15-7-5-8-16(2)24(15)23-14-27-13-19-9-6-10-20-21-11-17(3)18(4)12-22(21)28(23)26(27)25(19)20/h5-12,14H,13H2,1-4H3/q+1/i1D3,5D,6D,7D,8D,9D,10D,11D,12D,14D. The van der Waals surface area contributed by atoms with E-state index in [-0.39, 0.29) is 82.1 Å². The second-order valence-corrected chi connectivity index (χ2v) is 7.28. The number of pyridine rings is 1. The molecule has 3 aromatic carbocycles. The highest BCUT2D eigenvalue weighted by Crippen LogP contribution is 2.37. The van der Waals surface area contributed by atoms with Gasteiger partial charge in [0.25, 0.3) is 5.65 Å². The first-order valence-electron chi connectivity index (χ1n) is 15.0. The number of aromatic nitrogens is 2. The summed E-state index contributed by atoms with van der Waals surface area (Å²) in [6.07, 6.45) is -0.197. The van der Waals surface area contributed by atoms with Crippen molar-refractivity contribution >= 4 is 27.3 Å². The predicted molar refractivity (Wildman–Crippen MR) is 116 cm³/mol. The molecule has 0 saturated carbocycles. The molecule has 6 rings (SSSR count). The summed E-state index contributed by atoms with van der Waals surface area (Å²) in [4.78, 5) is 0. The van der Waals surface area contributed by atoms with Gasteiger partial charge in [-0.3, -0.25) is 0 Å². The highest BCUT2D eigenvalue weighted by Gasteiger charge is 2.31. The Labute approximate surface area is 181 Å². The third-order valence-electron chi connectivity index (χ3n) is 5.62. The fourth-order valence-electron chi connectivity index (χ4n) is 4.18. The van der Waals surface area contributed by atoms with Crippen LogP contribution in [-0.4, -0.2) is 4.57 Å². The Kier molecular flexibility index (Phi) is 1.51. The quantitative estimate of drug-likeness (QED) is 0.254. The maximum atomic E-state index is 9.25. The molecule has 1 aliphatic rings. The fourth-order valence-corrected chi connectivity index (χ4v) is 4.18. The van der Waals surface area contributed by atoms with Gasteiger partial charge in [-0.1, -0.05) is 36.3 Å². The van der Waals surface area contributed by atoms with Crippen LogP contribution in [0.5, 0.6) is 0 Å². The van der Waals surface area contributed by atoms with E-state index in [1.54, 1.807) is 13.8 Å². The molecule has 0 radical (unpaired) electrons. The van der Waals surface area contributed by atoms with Gasteiger partial charge in [-0.15, -0.1) is 0 Å². The summed E-state index contributed by atoms with van der Waals surface area (Å²) in [5, 5.41) is 0.798. The van der Waals surface area contributed by atoms with Crippen molar-refractivity contribution in [2.45, 2.75) is 34.2 Å². The summed E-state index contributed by atoms with van der Waals surface area (Å²) in [5.74, 6) is 0. The lowest BCUT2D eigenvalue weighted by molar-refractivity contribution is -0.466. The van der Waals surface area contributed by atoms with Gasteiger partial charge in [0.05, 0.1) is 16.4 Å². The summed E-state index contributed by atoms with van der Waals surface area (Å²) in [7, 11) is 0. The Bertz CT molecular complexity index is 2040. The van der Waals surface area contributed by atoms with Crippen molar-refractivity contribution < 1.29 is 20.8 Å². The second-order valence-electron chi connectivity index (χ2n) is 7.28. The van der Waals surface area contributed by atoms with Gasteiger partial charge in [0.1, 0.15) is 19.6 Å². The van der Waals surface area contributed by atoms with E-state index < -0.39 is 24.5 Å². The average molecular weight is 376 g/mol. The van der Waals surface area contributed by atoms with E-state index in [1.807, 2.05) is 0 Å². The third kappa shape index (κ3) is 1.85. The maximum absolute atomic E-state index is 9.25. The van der Waals surface area contributed by atoms with Crippen molar-refractivity contribution in [3.63, 3.8) is 0 Å². The monoisotopic (exact) mass is 375 g/mol. The van der Waals surface area contributed by atoms with E-state index in [0.29, 0.717) is 27.7 Å². The topological polar surface area (TPSA) is 9.03 Å². The lowest BCUT2D eigenvalue weighted by Crippen LogP contribution is -2.24. The van der Waals surface area contributed by atoms with Crippen molar-refractivity contribution in [3.8, 4) is 11.3 Å². The summed E-state index contributed by atoms with van der Waals surface area (Å²) in [6.45, 7) is 1.94. The van der Waals surface area contributed by atoms with Crippen LogP contribution in [-0.2, 0) is 6.54 Å². The van der Waals surface area contributed by atoms with E-state index >= 15 is 0 Å². The molecule has 2 heteroatoms. The molecule has 0 aliphatic carbocycles. The van der Waals surface area contributed by atoms with E-state index in [9.17, 15) is 1.37 Å². The first-order valence-corrected chi connectivity index (χ1v) is 9.04. The Morgan fingerprint density at radius 2 is 1.71 bits per heavy atom. The van der Waals surface area contributed by atoms with Gasteiger partial charge in [-0.25, -0.2) is 4.57 Å². The zero-order valence-corrected chi connectivity index (χ0v) is 15.6. The molecule has 0 fully saturated rings. The van der Waals surface area contributed by atoms with Crippen LogP contribution in [0.25, 0.3) is 38.6 Å². The minimum Gasteiger partial charge on any atom is -0.225 e. The summed E-state index contributed by atoms with van der Waals surface area (Å²) in [6, 6.07) is -2.29. The van der Waals surface area contributed by atoms with Crippen LogP contribution in [0.4, 0.5) is 0 Å². The zero-order chi connectivity index (χ0) is 29.5. The number of rotatable bonds is 1. The number of hydrogen-bond acceptors (Lipinski definition) is 0. The lowest BCUT2D eigenvalue weighted by Gasteiger charge is -2.10.